The largest absolute Gasteiger partial charge is 0.497 e. The van der Waals surface area contributed by atoms with Gasteiger partial charge in [-0.05, 0) is 42.8 Å². The lowest BCUT2D eigenvalue weighted by Crippen LogP contribution is -2.27. The number of hydrogen-bond acceptors (Lipinski definition) is 3. The zero-order valence-electron chi connectivity index (χ0n) is 12.9. The highest BCUT2D eigenvalue weighted by Crippen LogP contribution is 2.14. The van der Waals surface area contributed by atoms with Crippen molar-refractivity contribution >= 4 is 18.0 Å². The van der Waals surface area contributed by atoms with Crippen LogP contribution in [0.2, 0.25) is 0 Å². The van der Waals surface area contributed by atoms with Gasteiger partial charge in [0.25, 0.3) is 5.91 Å². The van der Waals surface area contributed by atoms with E-state index in [1.807, 2.05) is 13.0 Å². The highest BCUT2D eigenvalue weighted by atomic mass is 16.5. The third-order valence-corrected chi connectivity index (χ3v) is 3.19. The van der Waals surface area contributed by atoms with Gasteiger partial charge in [0.05, 0.1) is 7.11 Å². The minimum Gasteiger partial charge on any atom is -0.497 e. The number of ether oxygens (including phenoxy) is 1. The summed E-state index contributed by atoms with van der Waals surface area (Å²) in [4.78, 5) is 23.5. The first-order chi connectivity index (χ1) is 11.0. The molecule has 0 atom stereocenters. The van der Waals surface area contributed by atoms with Gasteiger partial charge in [0.1, 0.15) is 11.4 Å². The van der Waals surface area contributed by atoms with Crippen LogP contribution in [-0.2, 0) is 4.79 Å². The van der Waals surface area contributed by atoms with Crippen LogP contribution in [0.25, 0.3) is 6.08 Å². The molecule has 2 N–H and O–H groups in total. The fraction of sp³-hybridized carbons (Fsp3) is 0.111. The number of aryl methyl sites for hydroxylation is 1. The van der Waals surface area contributed by atoms with Gasteiger partial charge in [0.2, 0.25) is 0 Å². The minimum atomic E-state index is -1.21. The summed E-state index contributed by atoms with van der Waals surface area (Å²) in [6.07, 6.45) is 1.40. The molecule has 0 aliphatic heterocycles. The monoisotopic (exact) mass is 311 g/mol. The van der Waals surface area contributed by atoms with E-state index in [-0.39, 0.29) is 5.70 Å². The molecule has 0 aromatic heterocycles. The van der Waals surface area contributed by atoms with Crippen LogP contribution in [0.3, 0.4) is 0 Å². The van der Waals surface area contributed by atoms with Crippen molar-refractivity contribution in [2.45, 2.75) is 6.92 Å². The molecule has 2 aromatic carbocycles. The maximum atomic E-state index is 12.2. The van der Waals surface area contributed by atoms with Crippen LogP contribution >= 0.6 is 0 Å². The van der Waals surface area contributed by atoms with Gasteiger partial charge in [-0.1, -0.05) is 29.8 Å². The average Bonchev–Trinajstić information content (AvgIpc) is 2.54. The Balaban J connectivity index is 2.22. The molecule has 2 aromatic rings. The van der Waals surface area contributed by atoms with Crippen molar-refractivity contribution in [3.8, 4) is 5.75 Å². The quantitative estimate of drug-likeness (QED) is 0.833. The lowest BCUT2D eigenvalue weighted by atomic mass is 10.1. The molecule has 0 spiro atoms. The van der Waals surface area contributed by atoms with E-state index in [1.165, 1.54) is 6.08 Å². The lowest BCUT2D eigenvalue weighted by molar-refractivity contribution is -0.132. The van der Waals surface area contributed by atoms with Crippen LogP contribution in [0, 0.1) is 6.92 Å². The third kappa shape index (κ3) is 4.44. The topological polar surface area (TPSA) is 75.6 Å². The van der Waals surface area contributed by atoms with Crippen molar-refractivity contribution < 1.29 is 19.4 Å². The van der Waals surface area contributed by atoms with Gasteiger partial charge in [-0.15, -0.1) is 0 Å². The maximum Gasteiger partial charge on any atom is 0.352 e. The Morgan fingerprint density at radius 2 is 1.83 bits per heavy atom. The second kappa shape index (κ2) is 7.26. The number of methoxy groups -OCH3 is 1. The van der Waals surface area contributed by atoms with E-state index >= 15 is 0 Å². The number of nitrogens with one attached hydrogen (secondary N) is 1. The molecule has 0 radical (unpaired) electrons. The summed E-state index contributed by atoms with van der Waals surface area (Å²) >= 11 is 0. The van der Waals surface area contributed by atoms with Gasteiger partial charge >= 0.3 is 5.97 Å². The lowest BCUT2D eigenvalue weighted by Gasteiger charge is -2.07. The molecule has 2 rings (SSSR count). The predicted octanol–water partition coefficient (Wildman–Crippen LogP) is 2.86. The summed E-state index contributed by atoms with van der Waals surface area (Å²) in [5.74, 6) is -1.000. The average molecular weight is 311 g/mol. The fourth-order valence-electron chi connectivity index (χ4n) is 2.00. The highest BCUT2D eigenvalue weighted by molar-refractivity contribution is 6.02. The van der Waals surface area contributed by atoms with Gasteiger partial charge in [-0.2, -0.15) is 0 Å². The minimum absolute atomic E-state index is 0.193. The molecule has 0 bridgehead atoms. The number of hydrogen-bond donors (Lipinski definition) is 2. The Bertz CT molecular complexity index is 748. The fourth-order valence-corrected chi connectivity index (χ4v) is 2.00. The van der Waals surface area contributed by atoms with Gasteiger partial charge in [0.15, 0.2) is 0 Å². The van der Waals surface area contributed by atoms with Gasteiger partial charge < -0.3 is 15.2 Å². The molecular weight excluding hydrogens is 294 g/mol. The van der Waals surface area contributed by atoms with E-state index < -0.39 is 11.9 Å². The van der Waals surface area contributed by atoms with Crippen molar-refractivity contribution in [1.29, 1.82) is 0 Å². The maximum absolute atomic E-state index is 12.2. The number of benzene rings is 2. The molecular formula is C18H17NO4. The molecule has 23 heavy (non-hydrogen) atoms. The Labute approximate surface area is 134 Å². The van der Waals surface area contributed by atoms with Gasteiger partial charge in [-0.25, -0.2) is 4.79 Å². The first-order valence-corrected chi connectivity index (χ1v) is 6.96. The summed E-state index contributed by atoms with van der Waals surface area (Å²) < 4.78 is 5.05. The van der Waals surface area contributed by atoms with Crippen molar-refractivity contribution in [3.63, 3.8) is 0 Å². The number of carbonyl (C=O) groups excluding carboxylic acids is 1. The molecule has 1 amide bonds. The summed E-state index contributed by atoms with van der Waals surface area (Å²) in [6, 6.07) is 13.8. The molecule has 5 heteroatoms. The Hall–Kier alpha value is -3.08. The van der Waals surface area contributed by atoms with Crippen molar-refractivity contribution in [2.24, 2.45) is 0 Å². The number of aliphatic carboxylic acids is 1. The first-order valence-electron chi connectivity index (χ1n) is 6.96. The van der Waals surface area contributed by atoms with E-state index in [9.17, 15) is 14.7 Å². The Morgan fingerprint density at radius 3 is 2.39 bits per heavy atom. The Kier molecular flexibility index (Phi) is 5.15. The highest BCUT2D eigenvalue weighted by Gasteiger charge is 2.13. The predicted molar refractivity (Wildman–Crippen MR) is 87.3 cm³/mol. The standard InChI is InChI=1S/C18H17NO4/c1-12-4-3-5-14(10-12)17(20)19-16(18(21)22)11-13-6-8-15(23-2)9-7-13/h3-11H,1-2H3,(H,19,20)(H,21,22)/b16-11+. The number of rotatable bonds is 5. The van der Waals surface area contributed by atoms with Crippen molar-refractivity contribution in [2.75, 3.05) is 7.11 Å². The Morgan fingerprint density at radius 1 is 1.13 bits per heavy atom. The summed E-state index contributed by atoms with van der Waals surface area (Å²) in [7, 11) is 1.55. The zero-order chi connectivity index (χ0) is 16.8. The SMILES string of the molecule is COc1ccc(/C=C(/NC(=O)c2cccc(C)c2)C(=O)O)cc1. The van der Waals surface area contributed by atoms with Gasteiger partial charge in [-0.3, -0.25) is 4.79 Å². The first kappa shape index (κ1) is 16.3. The molecule has 0 aliphatic carbocycles. The van der Waals surface area contributed by atoms with E-state index in [2.05, 4.69) is 5.32 Å². The number of carboxylic acid groups (broad SMARTS) is 1. The smallest absolute Gasteiger partial charge is 0.352 e. The van der Waals surface area contributed by atoms with Gasteiger partial charge in [0, 0.05) is 5.56 Å². The van der Waals surface area contributed by atoms with E-state index in [0.717, 1.165) is 5.56 Å². The van der Waals surface area contributed by atoms with Crippen LogP contribution in [0.4, 0.5) is 0 Å². The summed E-state index contributed by atoms with van der Waals surface area (Å²) in [5.41, 5.74) is 1.79. The number of carboxylic acids is 1. The molecule has 118 valence electrons. The molecule has 5 nitrogen and oxygen atoms in total. The second-order valence-corrected chi connectivity index (χ2v) is 4.96. The summed E-state index contributed by atoms with van der Waals surface area (Å²) in [5, 5.41) is 11.7. The summed E-state index contributed by atoms with van der Waals surface area (Å²) in [6.45, 7) is 1.86. The van der Waals surface area contributed by atoms with Crippen LogP contribution in [0.5, 0.6) is 5.75 Å². The molecule has 0 fully saturated rings. The van der Waals surface area contributed by atoms with Crippen molar-refractivity contribution in [1.82, 2.24) is 5.32 Å². The molecule has 0 heterocycles. The molecule has 0 saturated heterocycles. The number of carbonyl (C=O) groups is 2. The van der Waals surface area contributed by atoms with E-state index in [1.54, 1.807) is 49.6 Å². The molecule has 0 unspecified atom stereocenters. The van der Waals surface area contributed by atoms with E-state index in [4.69, 9.17) is 4.74 Å². The molecule has 0 saturated carbocycles. The normalized spacial score (nSPS) is 11.0. The van der Waals surface area contributed by atoms with Crippen LogP contribution in [-0.4, -0.2) is 24.1 Å². The van der Waals surface area contributed by atoms with E-state index in [0.29, 0.717) is 16.9 Å². The second-order valence-electron chi connectivity index (χ2n) is 4.96. The van der Waals surface area contributed by atoms with Crippen LogP contribution < -0.4 is 10.1 Å². The molecule has 0 aliphatic rings. The van der Waals surface area contributed by atoms with Crippen molar-refractivity contribution in [3.05, 3.63) is 70.9 Å². The zero-order valence-corrected chi connectivity index (χ0v) is 12.9. The number of amides is 1. The third-order valence-electron chi connectivity index (χ3n) is 3.19. The van der Waals surface area contributed by atoms with Crippen LogP contribution in [0.15, 0.2) is 54.2 Å². The van der Waals surface area contributed by atoms with Crippen LogP contribution in [0.1, 0.15) is 21.5 Å².